The van der Waals surface area contributed by atoms with Crippen molar-refractivity contribution in [1.82, 2.24) is 16.0 Å². The molecule has 0 saturated heterocycles. The molecule has 1 amide bonds. The number of aryl methyl sites for hydroxylation is 1. The van der Waals surface area contributed by atoms with Gasteiger partial charge in [-0.1, -0.05) is 12.1 Å². The van der Waals surface area contributed by atoms with Gasteiger partial charge >= 0.3 is 0 Å². The molecule has 0 radical (unpaired) electrons. The van der Waals surface area contributed by atoms with E-state index in [1.54, 1.807) is 0 Å². The number of benzene rings is 1. The van der Waals surface area contributed by atoms with Crippen LogP contribution in [0.4, 0.5) is 0 Å². The molecule has 1 fully saturated rings. The Morgan fingerprint density at radius 2 is 1.89 bits per heavy atom. The van der Waals surface area contributed by atoms with Crippen molar-refractivity contribution in [2.24, 2.45) is 16.3 Å². The molecular formula is C22H36N4O2. The fourth-order valence-corrected chi connectivity index (χ4v) is 2.71. The van der Waals surface area contributed by atoms with E-state index in [1.165, 1.54) is 18.4 Å². The van der Waals surface area contributed by atoms with Gasteiger partial charge in [0.2, 0.25) is 5.91 Å². The molecule has 0 aliphatic heterocycles. The standard InChI is InChI=1S/C22H36N4O2/c1-6-23-20(27)22(4,5)15-26-21(24-7-2)25-13-18-11-8-16(3)12-19(18)28-14-17-9-10-17/h8,11-12,17H,6-7,9-10,13-15H2,1-5H3,(H,23,27)(H2,24,25,26). The molecule has 0 atom stereocenters. The second kappa shape index (κ2) is 10.3. The second-order valence-corrected chi connectivity index (χ2v) is 8.16. The molecule has 1 aliphatic carbocycles. The second-order valence-electron chi connectivity index (χ2n) is 8.16. The van der Waals surface area contributed by atoms with E-state index >= 15 is 0 Å². The Morgan fingerprint density at radius 1 is 1.18 bits per heavy atom. The molecule has 156 valence electrons. The van der Waals surface area contributed by atoms with Crippen molar-refractivity contribution in [3.63, 3.8) is 0 Å². The van der Waals surface area contributed by atoms with Crippen LogP contribution in [0.25, 0.3) is 0 Å². The van der Waals surface area contributed by atoms with E-state index in [0.717, 1.165) is 24.5 Å². The lowest BCUT2D eigenvalue weighted by Gasteiger charge is -2.25. The van der Waals surface area contributed by atoms with Gasteiger partial charge in [0.05, 0.1) is 18.6 Å². The van der Waals surface area contributed by atoms with Crippen LogP contribution >= 0.6 is 0 Å². The highest BCUT2D eigenvalue weighted by molar-refractivity contribution is 5.84. The number of aliphatic imine (C=N–C) groups is 1. The number of hydrogen-bond donors (Lipinski definition) is 3. The van der Waals surface area contributed by atoms with Crippen molar-refractivity contribution >= 4 is 11.9 Å². The first-order valence-corrected chi connectivity index (χ1v) is 10.4. The normalized spacial score (nSPS) is 14.5. The van der Waals surface area contributed by atoms with Crippen molar-refractivity contribution in [3.05, 3.63) is 29.3 Å². The maximum absolute atomic E-state index is 12.2. The topological polar surface area (TPSA) is 74.8 Å². The molecule has 0 unspecified atom stereocenters. The summed E-state index contributed by atoms with van der Waals surface area (Å²) in [6.45, 7) is 13.1. The summed E-state index contributed by atoms with van der Waals surface area (Å²) in [6.07, 6.45) is 2.55. The van der Waals surface area contributed by atoms with E-state index in [9.17, 15) is 4.79 Å². The summed E-state index contributed by atoms with van der Waals surface area (Å²) in [6, 6.07) is 6.27. The number of carbonyl (C=O) groups is 1. The third kappa shape index (κ3) is 7.06. The minimum Gasteiger partial charge on any atom is -0.493 e. The smallest absolute Gasteiger partial charge is 0.227 e. The molecule has 0 spiro atoms. The van der Waals surface area contributed by atoms with Gasteiger partial charge in [0, 0.05) is 25.2 Å². The Kier molecular flexibility index (Phi) is 8.15. The van der Waals surface area contributed by atoms with E-state index in [4.69, 9.17) is 9.73 Å². The van der Waals surface area contributed by atoms with E-state index in [-0.39, 0.29) is 5.91 Å². The number of rotatable bonds is 10. The Bertz CT molecular complexity index is 681. The Labute approximate surface area is 169 Å². The molecule has 6 nitrogen and oxygen atoms in total. The van der Waals surface area contributed by atoms with Crippen molar-refractivity contribution in [2.75, 3.05) is 26.2 Å². The monoisotopic (exact) mass is 388 g/mol. The SMILES string of the molecule is CCNC(=O)C(C)(C)CNC(=NCc1ccc(C)cc1OCC1CC1)NCC. The summed E-state index contributed by atoms with van der Waals surface area (Å²) in [5, 5.41) is 9.44. The quantitative estimate of drug-likeness (QED) is 0.425. The number of guanidine groups is 1. The molecule has 2 rings (SSSR count). The maximum Gasteiger partial charge on any atom is 0.227 e. The van der Waals surface area contributed by atoms with E-state index in [1.807, 2.05) is 27.7 Å². The Balaban J connectivity index is 2.02. The molecule has 1 aromatic rings. The highest BCUT2D eigenvalue weighted by atomic mass is 16.5. The van der Waals surface area contributed by atoms with Crippen molar-refractivity contribution < 1.29 is 9.53 Å². The fourth-order valence-electron chi connectivity index (χ4n) is 2.71. The lowest BCUT2D eigenvalue weighted by Crippen LogP contribution is -2.47. The first kappa shape index (κ1) is 22.1. The molecule has 1 saturated carbocycles. The summed E-state index contributed by atoms with van der Waals surface area (Å²) in [5.74, 6) is 2.38. The van der Waals surface area contributed by atoms with Gasteiger partial charge in [0.25, 0.3) is 0 Å². The first-order valence-electron chi connectivity index (χ1n) is 10.4. The zero-order chi connectivity index (χ0) is 20.6. The molecule has 0 bridgehead atoms. The summed E-state index contributed by atoms with van der Waals surface area (Å²) in [4.78, 5) is 16.9. The predicted octanol–water partition coefficient (Wildman–Crippen LogP) is 3.00. The van der Waals surface area contributed by atoms with Crippen LogP contribution in [0, 0.1) is 18.3 Å². The van der Waals surface area contributed by atoms with Gasteiger partial charge in [-0.3, -0.25) is 4.79 Å². The highest BCUT2D eigenvalue weighted by Gasteiger charge is 2.27. The zero-order valence-electron chi connectivity index (χ0n) is 18.0. The molecule has 1 aromatic carbocycles. The lowest BCUT2D eigenvalue weighted by atomic mass is 9.92. The molecule has 0 aromatic heterocycles. The third-order valence-corrected chi connectivity index (χ3v) is 4.80. The van der Waals surface area contributed by atoms with E-state index < -0.39 is 5.41 Å². The number of ether oxygens (including phenoxy) is 1. The Morgan fingerprint density at radius 3 is 2.54 bits per heavy atom. The van der Waals surface area contributed by atoms with Crippen LogP contribution < -0.4 is 20.7 Å². The third-order valence-electron chi connectivity index (χ3n) is 4.80. The molecule has 0 heterocycles. The number of nitrogens with zero attached hydrogens (tertiary/aromatic N) is 1. The lowest BCUT2D eigenvalue weighted by molar-refractivity contribution is -0.128. The van der Waals surface area contributed by atoms with Crippen LogP contribution in [0.1, 0.15) is 51.7 Å². The molecular weight excluding hydrogens is 352 g/mol. The average molecular weight is 389 g/mol. The van der Waals surface area contributed by atoms with E-state index in [2.05, 4.69) is 41.1 Å². The molecule has 3 N–H and O–H groups in total. The first-order chi connectivity index (χ1) is 13.4. The number of amides is 1. The van der Waals surface area contributed by atoms with Crippen LogP contribution in [0.2, 0.25) is 0 Å². The van der Waals surface area contributed by atoms with Crippen LogP contribution in [0.5, 0.6) is 5.75 Å². The number of hydrogen-bond acceptors (Lipinski definition) is 3. The van der Waals surface area contributed by atoms with Crippen LogP contribution in [0.15, 0.2) is 23.2 Å². The zero-order valence-corrected chi connectivity index (χ0v) is 18.0. The summed E-state index contributed by atoms with van der Waals surface area (Å²) in [7, 11) is 0. The van der Waals surface area contributed by atoms with Gasteiger partial charge in [0.15, 0.2) is 5.96 Å². The van der Waals surface area contributed by atoms with Gasteiger partial charge in [-0.05, 0) is 65.0 Å². The van der Waals surface area contributed by atoms with Crippen molar-refractivity contribution in [1.29, 1.82) is 0 Å². The summed E-state index contributed by atoms with van der Waals surface area (Å²) in [5.41, 5.74) is 1.74. The Hall–Kier alpha value is -2.24. The van der Waals surface area contributed by atoms with Gasteiger partial charge < -0.3 is 20.7 Å². The van der Waals surface area contributed by atoms with Gasteiger partial charge in [0.1, 0.15) is 5.75 Å². The van der Waals surface area contributed by atoms with Gasteiger partial charge in [-0.15, -0.1) is 0 Å². The van der Waals surface area contributed by atoms with E-state index in [0.29, 0.717) is 31.5 Å². The van der Waals surface area contributed by atoms with Crippen molar-refractivity contribution in [3.8, 4) is 5.75 Å². The van der Waals surface area contributed by atoms with Crippen LogP contribution in [-0.4, -0.2) is 38.1 Å². The average Bonchev–Trinajstić information content (AvgIpc) is 3.48. The number of carbonyl (C=O) groups excluding carboxylic acids is 1. The molecule has 6 heteroatoms. The number of nitrogens with one attached hydrogen (secondary N) is 3. The highest BCUT2D eigenvalue weighted by Crippen LogP contribution is 2.31. The van der Waals surface area contributed by atoms with Crippen molar-refractivity contribution in [2.45, 2.75) is 54.0 Å². The van der Waals surface area contributed by atoms with Crippen LogP contribution in [-0.2, 0) is 11.3 Å². The summed E-state index contributed by atoms with van der Waals surface area (Å²) >= 11 is 0. The van der Waals surface area contributed by atoms with Gasteiger partial charge in [-0.2, -0.15) is 0 Å². The predicted molar refractivity (Wildman–Crippen MR) is 115 cm³/mol. The fraction of sp³-hybridized carbons (Fsp3) is 0.636. The minimum atomic E-state index is -0.519. The van der Waals surface area contributed by atoms with Gasteiger partial charge in [-0.25, -0.2) is 4.99 Å². The molecule has 28 heavy (non-hydrogen) atoms. The summed E-state index contributed by atoms with van der Waals surface area (Å²) < 4.78 is 6.04. The molecule has 1 aliphatic rings. The maximum atomic E-state index is 12.2. The van der Waals surface area contributed by atoms with Crippen LogP contribution in [0.3, 0.4) is 0 Å². The minimum absolute atomic E-state index is 0.0349. The largest absolute Gasteiger partial charge is 0.493 e.